The number of imidazole rings is 1. The quantitative estimate of drug-likeness (QED) is 0.276. The summed E-state index contributed by atoms with van der Waals surface area (Å²) in [4.78, 5) is 27.5. The first-order valence-corrected chi connectivity index (χ1v) is 13.6. The van der Waals surface area contributed by atoms with Crippen molar-refractivity contribution in [2.75, 3.05) is 14.2 Å². The molecule has 1 aromatic heterocycles. The van der Waals surface area contributed by atoms with Crippen LogP contribution >= 0.6 is 0 Å². The maximum atomic E-state index is 13.9. The molecule has 0 bridgehead atoms. The van der Waals surface area contributed by atoms with Crippen LogP contribution in [0.25, 0.3) is 11.1 Å². The van der Waals surface area contributed by atoms with Gasteiger partial charge in [-0.1, -0.05) is 87.2 Å². The largest absolute Gasteiger partial charge is 0.350 e. The van der Waals surface area contributed by atoms with E-state index in [-0.39, 0.29) is 11.6 Å². The van der Waals surface area contributed by atoms with E-state index in [2.05, 4.69) is 43.3 Å². The molecule has 1 aliphatic carbocycles. The number of hydrogen-bond acceptors (Lipinski definition) is 4. The summed E-state index contributed by atoms with van der Waals surface area (Å²) in [6.45, 7) is 2.52. The highest BCUT2D eigenvalue weighted by Gasteiger charge is 2.30. The molecule has 1 fully saturated rings. The number of rotatable bonds is 11. The maximum absolute atomic E-state index is 13.9. The summed E-state index contributed by atoms with van der Waals surface area (Å²) in [6.07, 6.45) is 7.79. The lowest BCUT2D eigenvalue weighted by Gasteiger charge is -2.22. The average Bonchev–Trinajstić information content (AvgIpc) is 3.20. The van der Waals surface area contributed by atoms with E-state index in [1.54, 1.807) is 18.8 Å². The van der Waals surface area contributed by atoms with E-state index in [4.69, 9.17) is 9.47 Å². The Morgan fingerprint density at radius 1 is 0.946 bits per heavy atom. The summed E-state index contributed by atoms with van der Waals surface area (Å²) >= 11 is 0. The number of carbonyl (C=O) groups is 1. The van der Waals surface area contributed by atoms with Crippen LogP contribution in [0.3, 0.4) is 0 Å². The Balaban J connectivity index is 1.72. The predicted octanol–water partition coefficient (Wildman–Crippen LogP) is 6.61. The number of unbranched alkanes of at least 4 members (excludes halogenated alkanes) is 1. The van der Waals surface area contributed by atoms with Gasteiger partial charge in [0.1, 0.15) is 5.69 Å². The fourth-order valence-electron chi connectivity index (χ4n) is 5.52. The molecule has 0 unspecified atom stereocenters. The van der Waals surface area contributed by atoms with Gasteiger partial charge in [0, 0.05) is 26.3 Å². The monoisotopic (exact) mass is 504 g/mol. The van der Waals surface area contributed by atoms with Crippen molar-refractivity contribution in [3.05, 3.63) is 82.0 Å². The molecule has 2 aromatic carbocycles. The molecule has 0 amide bonds. The molecule has 37 heavy (non-hydrogen) atoms. The number of aromatic nitrogens is 2. The summed E-state index contributed by atoms with van der Waals surface area (Å²) in [5.41, 5.74) is 4.36. The van der Waals surface area contributed by atoms with Gasteiger partial charge in [-0.15, -0.1) is 0 Å². The predicted molar refractivity (Wildman–Crippen MR) is 147 cm³/mol. The second-order valence-corrected chi connectivity index (χ2v) is 10.1. The van der Waals surface area contributed by atoms with Crippen molar-refractivity contribution in [3.63, 3.8) is 0 Å². The second kappa shape index (κ2) is 13.0. The molecule has 0 aliphatic heterocycles. The number of nitrogens with zero attached hydrogens (tertiary/aromatic N) is 2. The lowest BCUT2D eigenvalue weighted by atomic mass is 9.87. The Bertz CT molecular complexity index is 1200. The third-order valence-electron chi connectivity index (χ3n) is 7.54. The van der Waals surface area contributed by atoms with E-state index >= 15 is 0 Å². The van der Waals surface area contributed by atoms with E-state index in [0.717, 1.165) is 60.9 Å². The van der Waals surface area contributed by atoms with Crippen LogP contribution in [-0.2, 0) is 22.4 Å². The van der Waals surface area contributed by atoms with Gasteiger partial charge in [-0.3, -0.25) is 9.36 Å². The van der Waals surface area contributed by atoms with E-state index in [9.17, 15) is 9.59 Å². The van der Waals surface area contributed by atoms with Crippen molar-refractivity contribution in [3.8, 4) is 11.1 Å². The van der Waals surface area contributed by atoms with E-state index < -0.39 is 6.29 Å². The minimum atomic E-state index is -0.781. The van der Waals surface area contributed by atoms with Crippen LogP contribution in [0.2, 0.25) is 0 Å². The average molecular weight is 505 g/mol. The summed E-state index contributed by atoms with van der Waals surface area (Å²) in [5, 5.41) is 0. The molecule has 0 saturated heterocycles. The second-order valence-electron chi connectivity index (χ2n) is 10.1. The van der Waals surface area contributed by atoms with Crippen molar-refractivity contribution < 1.29 is 14.3 Å². The van der Waals surface area contributed by atoms with Crippen LogP contribution in [0.4, 0.5) is 0 Å². The Kier molecular flexibility index (Phi) is 9.53. The Morgan fingerprint density at radius 2 is 1.59 bits per heavy atom. The topological polar surface area (TPSA) is 62.5 Å². The van der Waals surface area contributed by atoms with Crippen LogP contribution in [0, 0.1) is 5.92 Å². The molecule has 3 aromatic rings. The van der Waals surface area contributed by atoms with Crippen LogP contribution in [0.15, 0.2) is 59.4 Å². The first-order chi connectivity index (χ1) is 18.1. The van der Waals surface area contributed by atoms with Gasteiger partial charge < -0.3 is 9.47 Å². The van der Waals surface area contributed by atoms with Crippen molar-refractivity contribution in [1.29, 1.82) is 0 Å². The highest BCUT2D eigenvalue weighted by atomic mass is 16.7. The van der Waals surface area contributed by atoms with Crippen LogP contribution in [0.1, 0.15) is 86.3 Å². The van der Waals surface area contributed by atoms with Crippen LogP contribution < -0.4 is 5.69 Å². The van der Waals surface area contributed by atoms with Gasteiger partial charge in [-0.05, 0) is 48.3 Å². The summed E-state index contributed by atoms with van der Waals surface area (Å²) in [6, 6.07) is 18.5. The molecule has 4 rings (SSSR count). The number of hydrogen-bond donors (Lipinski definition) is 0. The third kappa shape index (κ3) is 6.31. The number of ether oxygens (including phenoxy) is 2. The first kappa shape index (κ1) is 27.1. The minimum absolute atomic E-state index is 0.151. The SMILES string of the molecule is CCCCc1c(C(OC)OC)n(C(=O)CC2CCCCC2)c(=O)n1Cc1ccc(-c2ccccc2)cc1. The first-order valence-electron chi connectivity index (χ1n) is 13.6. The molecule has 198 valence electrons. The Hall–Kier alpha value is -2.96. The van der Waals surface area contributed by atoms with Gasteiger partial charge >= 0.3 is 5.69 Å². The normalized spacial score (nSPS) is 14.4. The van der Waals surface area contributed by atoms with Crippen LogP contribution in [-0.4, -0.2) is 29.3 Å². The zero-order valence-corrected chi connectivity index (χ0v) is 22.4. The van der Waals surface area contributed by atoms with Crippen molar-refractivity contribution in [2.45, 2.75) is 77.5 Å². The standard InChI is InChI=1S/C31H40N2O4/c1-4-5-16-27-29(30(36-2)37-3)33(28(34)21-23-12-8-6-9-13-23)31(35)32(27)22-24-17-19-26(20-18-24)25-14-10-7-11-15-25/h7,10-11,14-15,17-20,23,30H,4-6,8-9,12-13,16,21-22H2,1-3H3. The fourth-order valence-corrected chi connectivity index (χ4v) is 5.52. The fraction of sp³-hybridized carbons (Fsp3) is 0.484. The molecule has 0 N–H and O–H groups in total. The Morgan fingerprint density at radius 3 is 2.22 bits per heavy atom. The minimum Gasteiger partial charge on any atom is -0.350 e. The molecule has 1 saturated carbocycles. The molecule has 0 spiro atoms. The lowest BCUT2D eigenvalue weighted by Crippen LogP contribution is -2.32. The molecular formula is C31H40N2O4. The zero-order chi connectivity index (χ0) is 26.2. The van der Waals surface area contributed by atoms with E-state index in [0.29, 0.717) is 31.0 Å². The number of carbonyl (C=O) groups excluding carboxylic acids is 1. The third-order valence-corrected chi connectivity index (χ3v) is 7.54. The zero-order valence-electron chi connectivity index (χ0n) is 22.4. The highest BCUT2D eigenvalue weighted by molar-refractivity contribution is 5.80. The van der Waals surface area contributed by atoms with Gasteiger partial charge in [-0.2, -0.15) is 0 Å². The summed E-state index contributed by atoms with van der Waals surface area (Å²) in [7, 11) is 3.11. The van der Waals surface area contributed by atoms with E-state index in [1.807, 2.05) is 18.2 Å². The smallest absolute Gasteiger partial charge is 0.335 e. The number of methoxy groups -OCH3 is 2. The molecule has 0 atom stereocenters. The highest BCUT2D eigenvalue weighted by Crippen LogP contribution is 2.29. The van der Waals surface area contributed by atoms with Gasteiger partial charge in [-0.25, -0.2) is 9.36 Å². The van der Waals surface area contributed by atoms with Gasteiger partial charge in [0.25, 0.3) is 0 Å². The van der Waals surface area contributed by atoms with Crippen LogP contribution in [0.5, 0.6) is 0 Å². The maximum Gasteiger partial charge on any atom is 0.335 e. The molecule has 6 heteroatoms. The van der Waals surface area contributed by atoms with Gasteiger partial charge in [0.15, 0.2) is 0 Å². The van der Waals surface area contributed by atoms with E-state index in [1.165, 1.54) is 11.0 Å². The summed E-state index contributed by atoms with van der Waals surface area (Å²) in [5.74, 6) is 0.180. The summed E-state index contributed by atoms with van der Waals surface area (Å²) < 4.78 is 14.4. The molecule has 0 radical (unpaired) electrons. The molecule has 1 heterocycles. The lowest BCUT2D eigenvalue weighted by molar-refractivity contribution is -0.110. The molecular weight excluding hydrogens is 464 g/mol. The van der Waals surface area contributed by atoms with Crippen molar-refractivity contribution >= 4 is 5.91 Å². The van der Waals surface area contributed by atoms with Crippen molar-refractivity contribution in [2.24, 2.45) is 5.92 Å². The number of benzene rings is 2. The molecule has 1 aliphatic rings. The molecule has 6 nitrogen and oxygen atoms in total. The van der Waals surface area contributed by atoms with Gasteiger partial charge in [0.05, 0.1) is 6.54 Å². The Labute approximate surface area is 220 Å². The van der Waals surface area contributed by atoms with Gasteiger partial charge in [0.2, 0.25) is 12.2 Å². The van der Waals surface area contributed by atoms with Crippen molar-refractivity contribution in [1.82, 2.24) is 9.13 Å².